The molecule has 7 heteroatoms. The van der Waals surface area contributed by atoms with Crippen molar-refractivity contribution in [3.8, 4) is 0 Å². The summed E-state index contributed by atoms with van der Waals surface area (Å²) in [6.07, 6.45) is -2.88. The predicted octanol–water partition coefficient (Wildman–Crippen LogP) is 4.51. The van der Waals surface area contributed by atoms with E-state index in [1.807, 2.05) is 27.7 Å². The topological polar surface area (TPSA) is 44.7 Å². The SMILES string of the molecule is C=CCN1C(=O)C2=NC(C)(C)CNC(C(C)C)=C2C1c1cccc(C(F)(F)F)c1. The van der Waals surface area contributed by atoms with Crippen LogP contribution in [-0.4, -0.2) is 35.1 Å². The van der Waals surface area contributed by atoms with Gasteiger partial charge in [0.25, 0.3) is 5.91 Å². The summed E-state index contributed by atoms with van der Waals surface area (Å²) in [5, 5.41) is 3.41. The summed E-state index contributed by atoms with van der Waals surface area (Å²) in [7, 11) is 0. The minimum Gasteiger partial charge on any atom is -0.385 e. The molecule has 2 aliphatic rings. The molecule has 0 aliphatic carbocycles. The fourth-order valence-corrected chi connectivity index (χ4v) is 3.86. The Kier molecular flexibility index (Phi) is 5.36. The molecule has 29 heavy (non-hydrogen) atoms. The van der Waals surface area contributed by atoms with Gasteiger partial charge < -0.3 is 10.2 Å². The van der Waals surface area contributed by atoms with Crippen LogP contribution in [0, 0.1) is 5.92 Å². The van der Waals surface area contributed by atoms with Crippen molar-refractivity contribution in [3.05, 3.63) is 59.3 Å². The van der Waals surface area contributed by atoms with Crippen LogP contribution < -0.4 is 5.32 Å². The highest BCUT2D eigenvalue weighted by Crippen LogP contribution is 2.42. The maximum Gasteiger partial charge on any atom is 0.416 e. The Balaban J connectivity index is 2.27. The van der Waals surface area contributed by atoms with Crippen LogP contribution in [0.3, 0.4) is 0 Å². The summed E-state index contributed by atoms with van der Waals surface area (Å²) < 4.78 is 40.0. The lowest BCUT2D eigenvalue weighted by Gasteiger charge is -2.28. The summed E-state index contributed by atoms with van der Waals surface area (Å²) in [4.78, 5) is 19.5. The number of hydrogen-bond donors (Lipinski definition) is 1. The Hall–Kier alpha value is -2.57. The molecule has 0 bridgehead atoms. The maximum atomic E-state index is 13.3. The van der Waals surface area contributed by atoms with Crippen molar-refractivity contribution >= 4 is 11.6 Å². The number of rotatable bonds is 4. The van der Waals surface area contributed by atoms with Crippen LogP contribution in [0.1, 0.15) is 44.9 Å². The number of allylic oxidation sites excluding steroid dienone is 1. The lowest BCUT2D eigenvalue weighted by molar-refractivity contribution is -0.137. The number of carbonyl (C=O) groups excluding carboxylic acids is 1. The summed E-state index contributed by atoms with van der Waals surface area (Å²) in [6, 6.07) is 4.53. The van der Waals surface area contributed by atoms with Gasteiger partial charge in [-0.2, -0.15) is 13.2 Å². The number of alkyl halides is 3. The zero-order valence-electron chi connectivity index (χ0n) is 17.1. The first-order chi connectivity index (χ1) is 13.5. The van der Waals surface area contributed by atoms with E-state index in [0.717, 1.165) is 17.8 Å². The highest BCUT2D eigenvalue weighted by molar-refractivity contribution is 6.48. The molecular weight excluding hydrogens is 379 g/mol. The standard InChI is InChI=1S/C22H26F3N3O/c1-6-10-28-19(14-8-7-9-15(11-14)22(23,24)25)16-17(13(2)3)26-12-21(4,5)27-18(16)20(28)29/h6-9,11,13,19,26H,1,10,12H2,2-5H3. The number of nitrogens with one attached hydrogen (secondary N) is 1. The smallest absolute Gasteiger partial charge is 0.385 e. The van der Waals surface area contributed by atoms with E-state index in [2.05, 4.69) is 11.9 Å². The molecule has 1 aromatic rings. The third-order valence-electron chi connectivity index (χ3n) is 5.15. The Bertz CT molecular complexity index is 897. The van der Waals surface area contributed by atoms with Crippen LogP contribution in [0.5, 0.6) is 0 Å². The molecule has 1 amide bonds. The predicted molar refractivity (Wildman–Crippen MR) is 107 cm³/mol. The van der Waals surface area contributed by atoms with E-state index in [4.69, 9.17) is 4.99 Å². The van der Waals surface area contributed by atoms with Crippen LogP contribution >= 0.6 is 0 Å². The molecule has 0 saturated carbocycles. The molecule has 2 heterocycles. The van der Waals surface area contributed by atoms with Crippen LogP contribution in [0.2, 0.25) is 0 Å². The third-order valence-corrected chi connectivity index (χ3v) is 5.15. The zero-order valence-corrected chi connectivity index (χ0v) is 17.1. The lowest BCUT2D eigenvalue weighted by Crippen LogP contribution is -2.35. The Morgan fingerprint density at radius 2 is 2.07 bits per heavy atom. The molecule has 3 rings (SSSR count). The van der Waals surface area contributed by atoms with Gasteiger partial charge in [-0.05, 0) is 37.5 Å². The van der Waals surface area contributed by atoms with Gasteiger partial charge in [0.15, 0.2) is 0 Å². The summed E-state index contributed by atoms with van der Waals surface area (Å²) in [5.74, 6) is -0.230. The Morgan fingerprint density at radius 1 is 1.38 bits per heavy atom. The lowest BCUT2D eigenvalue weighted by atomic mass is 9.92. The zero-order chi connectivity index (χ0) is 21.6. The summed E-state index contributed by atoms with van der Waals surface area (Å²) in [6.45, 7) is 12.3. The molecule has 1 saturated heterocycles. The number of aliphatic imine (C=N–C) groups is 1. The van der Waals surface area contributed by atoms with Crippen molar-refractivity contribution in [2.75, 3.05) is 13.1 Å². The molecule has 0 aromatic heterocycles. The fraction of sp³-hybridized carbons (Fsp3) is 0.455. The quantitative estimate of drug-likeness (QED) is 0.750. The number of fused-ring (bicyclic) bond motifs is 1. The largest absolute Gasteiger partial charge is 0.416 e. The number of carbonyl (C=O) groups is 1. The number of amides is 1. The van der Waals surface area contributed by atoms with Gasteiger partial charge in [-0.25, -0.2) is 0 Å². The average molecular weight is 405 g/mol. The minimum absolute atomic E-state index is 0.0499. The highest BCUT2D eigenvalue weighted by atomic mass is 19.4. The van der Waals surface area contributed by atoms with Crippen molar-refractivity contribution in [2.24, 2.45) is 10.9 Å². The second-order valence-electron chi connectivity index (χ2n) is 8.38. The molecule has 2 aliphatic heterocycles. The first kappa shape index (κ1) is 21.1. The van der Waals surface area contributed by atoms with Crippen LogP contribution in [0.25, 0.3) is 0 Å². The molecule has 0 spiro atoms. The van der Waals surface area contributed by atoms with Crippen molar-refractivity contribution in [1.82, 2.24) is 10.2 Å². The number of nitrogens with zero attached hydrogens (tertiary/aromatic N) is 2. The van der Waals surface area contributed by atoms with Gasteiger partial charge in [0.05, 0.1) is 17.1 Å². The molecule has 0 radical (unpaired) electrons. The second kappa shape index (κ2) is 7.35. The molecule has 1 N–H and O–H groups in total. The van der Waals surface area contributed by atoms with Crippen LogP contribution in [0.15, 0.2) is 53.2 Å². The van der Waals surface area contributed by atoms with Crippen molar-refractivity contribution in [3.63, 3.8) is 0 Å². The highest BCUT2D eigenvalue weighted by Gasteiger charge is 2.46. The van der Waals surface area contributed by atoms with Gasteiger partial charge in [-0.1, -0.05) is 32.1 Å². The molecular formula is C22H26F3N3O. The van der Waals surface area contributed by atoms with E-state index in [0.29, 0.717) is 23.4 Å². The van der Waals surface area contributed by atoms with Gasteiger partial charge in [0.2, 0.25) is 0 Å². The van der Waals surface area contributed by atoms with Crippen molar-refractivity contribution in [1.29, 1.82) is 0 Å². The molecule has 156 valence electrons. The van der Waals surface area contributed by atoms with Crippen molar-refractivity contribution in [2.45, 2.75) is 45.5 Å². The first-order valence-electron chi connectivity index (χ1n) is 9.63. The first-order valence-corrected chi connectivity index (χ1v) is 9.63. The van der Waals surface area contributed by atoms with E-state index in [1.165, 1.54) is 6.07 Å². The molecule has 1 aromatic carbocycles. The fourth-order valence-electron chi connectivity index (χ4n) is 3.86. The van der Waals surface area contributed by atoms with Gasteiger partial charge in [-0.15, -0.1) is 6.58 Å². The molecule has 4 nitrogen and oxygen atoms in total. The number of halogens is 3. The van der Waals surface area contributed by atoms with Crippen molar-refractivity contribution < 1.29 is 18.0 Å². The summed E-state index contributed by atoms with van der Waals surface area (Å²) >= 11 is 0. The molecule has 1 unspecified atom stereocenters. The van der Waals surface area contributed by atoms with E-state index < -0.39 is 23.3 Å². The van der Waals surface area contributed by atoms with Gasteiger partial charge in [-0.3, -0.25) is 9.79 Å². The third kappa shape index (κ3) is 3.95. The summed E-state index contributed by atoms with van der Waals surface area (Å²) in [5.41, 5.74) is 0.992. The molecule has 1 fully saturated rings. The number of hydrogen-bond acceptors (Lipinski definition) is 3. The monoisotopic (exact) mass is 405 g/mol. The van der Waals surface area contributed by atoms with Gasteiger partial charge in [0, 0.05) is 24.4 Å². The van der Waals surface area contributed by atoms with E-state index in [1.54, 1.807) is 17.0 Å². The normalized spacial score (nSPS) is 21.7. The van der Waals surface area contributed by atoms with E-state index in [-0.39, 0.29) is 18.4 Å². The maximum absolute atomic E-state index is 13.3. The van der Waals surface area contributed by atoms with Crippen LogP contribution in [-0.2, 0) is 11.0 Å². The van der Waals surface area contributed by atoms with E-state index >= 15 is 0 Å². The average Bonchev–Trinajstić information content (AvgIpc) is 2.78. The molecule has 1 atom stereocenters. The van der Waals surface area contributed by atoms with Gasteiger partial charge in [0.1, 0.15) is 5.71 Å². The second-order valence-corrected chi connectivity index (χ2v) is 8.38. The van der Waals surface area contributed by atoms with Gasteiger partial charge >= 0.3 is 6.18 Å². The Labute approximate surface area is 169 Å². The minimum atomic E-state index is -4.46. The van der Waals surface area contributed by atoms with Crippen LogP contribution in [0.4, 0.5) is 13.2 Å². The number of benzene rings is 1. The van der Waals surface area contributed by atoms with E-state index in [9.17, 15) is 18.0 Å². The number of likely N-dealkylation sites (tertiary alicyclic amines) is 1. The Morgan fingerprint density at radius 3 is 2.66 bits per heavy atom.